The van der Waals surface area contributed by atoms with Crippen molar-refractivity contribution in [3.63, 3.8) is 0 Å². The lowest BCUT2D eigenvalue weighted by Crippen LogP contribution is -2.48. The number of rotatable bonds is 13. The van der Waals surface area contributed by atoms with Crippen molar-refractivity contribution in [3.8, 4) is 0 Å². The van der Waals surface area contributed by atoms with Gasteiger partial charge in [-0.1, -0.05) is 57.7 Å². The molecule has 3 nitrogen and oxygen atoms in total. The van der Waals surface area contributed by atoms with Crippen LogP contribution in [-0.4, -0.2) is 52.2 Å². The van der Waals surface area contributed by atoms with Gasteiger partial charge in [-0.3, -0.25) is 0 Å². The van der Waals surface area contributed by atoms with Crippen molar-refractivity contribution < 1.29 is 22.1 Å². The molecule has 0 saturated carbocycles. The zero-order valence-corrected chi connectivity index (χ0v) is 20.8. The molecule has 0 aliphatic rings. The van der Waals surface area contributed by atoms with Gasteiger partial charge in [-0.15, -0.1) is 0 Å². The number of hydrogen-bond acceptors (Lipinski definition) is 3. The van der Waals surface area contributed by atoms with Crippen LogP contribution in [0.4, 0.5) is 8.78 Å². The Morgan fingerprint density at radius 1 is 0.920 bits per heavy atom. The third-order valence-electron chi connectivity index (χ3n) is 5.34. The van der Waals surface area contributed by atoms with Crippen molar-refractivity contribution in [2.75, 3.05) is 21.3 Å². The Kier molecular flexibility index (Phi) is 10.2. The molecule has 0 saturated heterocycles. The molecule has 0 fully saturated rings. The zero-order chi connectivity index (χ0) is 19.9. The van der Waals surface area contributed by atoms with Gasteiger partial charge >= 0.3 is 8.80 Å². The number of alkyl halides is 2. The molecule has 0 spiro atoms. The van der Waals surface area contributed by atoms with Crippen molar-refractivity contribution in [3.05, 3.63) is 0 Å². The van der Waals surface area contributed by atoms with E-state index in [-0.39, 0.29) is 0 Å². The van der Waals surface area contributed by atoms with Crippen LogP contribution in [0.15, 0.2) is 0 Å². The lowest BCUT2D eigenvalue weighted by molar-refractivity contribution is 0.00864. The highest BCUT2D eigenvalue weighted by atomic mass is 28.4. The topological polar surface area (TPSA) is 27.7 Å². The minimum Gasteiger partial charge on any atom is -0.377 e. The van der Waals surface area contributed by atoms with Crippen LogP contribution < -0.4 is 0 Å². The molecule has 0 heterocycles. The number of halogens is 2. The predicted octanol–water partition coefficient (Wildman–Crippen LogP) is 6.04. The van der Waals surface area contributed by atoms with E-state index < -0.39 is 36.4 Å². The maximum absolute atomic E-state index is 14.2. The van der Waals surface area contributed by atoms with E-state index in [1.165, 1.54) is 0 Å². The highest BCUT2D eigenvalue weighted by Crippen LogP contribution is 2.44. The summed E-state index contributed by atoms with van der Waals surface area (Å²) in [7, 11) is -1.20. The lowest BCUT2D eigenvalue weighted by Gasteiger charge is -2.41. The van der Waals surface area contributed by atoms with Gasteiger partial charge in [0, 0.05) is 41.0 Å². The standard InChI is InChI=1S/C17H40F2O3Si3/c1-10-12-16(17(2,18)19)24(8,9)15-23(6,7)13-11-14-25(20-3,21-4)22-5/h16H,10-15H2,1-9H3. The third kappa shape index (κ3) is 8.30. The Morgan fingerprint density at radius 3 is 1.76 bits per heavy atom. The van der Waals surface area contributed by atoms with Crippen molar-refractivity contribution in [2.45, 2.75) is 88.5 Å². The van der Waals surface area contributed by atoms with Gasteiger partial charge in [0.05, 0.1) is 8.07 Å². The average Bonchev–Trinajstić information content (AvgIpc) is 2.47. The highest BCUT2D eigenvalue weighted by molar-refractivity contribution is 6.96. The van der Waals surface area contributed by atoms with E-state index in [1.807, 2.05) is 6.92 Å². The predicted molar refractivity (Wildman–Crippen MR) is 110 cm³/mol. The normalized spacial score (nSPS) is 15.5. The van der Waals surface area contributed by atoms with Gasteiger partial charge in [-0.05, 0) is 13.3 Å². The summed E-state index contributed by atoms with van der Waals surface area (Å²) >= 11 is 0. The van der Waals surface area contributed by atoms with E-state index in [0.29, 0.717) is 6.42 Å². The first-order valence-electron chi connectivity index (χ1n) is 9.32. The van der Waals surface area contributed by atoms with Crippen molar-refractivity contribution in [1.29, 1.82) is 0 Å². The van der Waals surface area contributed by atoms with E-state index in [2.05, 4.69) is 26.2 Å². The van der Waals surface area contributed by atoms with Crippen LogP contribution in [0.25, 0.3) is 0 Å². The Morgan fingerprint density at radius 2 is 1.40 bits per heavy atom. The molecule has 152 valence electrons. The molecule has 0 amide bonds. The van der Waals surface area contributed by atoms with E-state index in [1.54, 1.807) is 21.3 Å². The summed E-state index contributed by atoms with van der Waals surface area (Å²) in [6.07, 6.45) is 2.45. The maximum Gasteiger partial charge on any atom is 0.500 e. The van der Waals surface area contributed by atoms with Crippen molar-refractivity contribution >= 4 is 25.0 Å². The van der Waals surface area contributed by atoms with Crippen LogP contribution in [0.1, 0.15) is 33.1 Å². The van der Waals surface area contributed by atoms with Crippen LogP contribution in [0.2, 0.25) is 49.5 Å². The summed E-state index contributed by atoms with van der Waals surface area (Å²) in [5, 5.41) is 0. The van der Waals surface area contributed by atoms with Crippen molar-refractivity contribution in [2.24, 2.45) is 0 Å². The molecule has 0 aromatic carbocycles. The first-order chi connectivity index (χ1) is 11.3. The second kappa shape index (κ2) is 10.1. The van der Waals surface area contributed by atoms with E-state index >= 15 is 0 Å². The second-order valence-electron chi connectivity index (χ2n) is 8.78. The third-order valence-corrected chi connectivity index (χ3v) is 20.0. The van der Waals surface area contributed by atoms with E-state index in [9.17, 15) is 8.78 Å². The summed E-state index contributed by atoms with van der Waals surface area (Å²) < 4.78 is 44.9. The maximum atomic E-state index is 14.2. The van der Waals surface area contributed by atoms with E-state index in [0.717, 1.165) is 37.5 Å². The fourth-order valence-corrected chi connectivity index (χ4v) is 21.6. The largest absolute Gasteiger partial charge is 0.500 e. The molecule has 0 aromatic heterocycles. The summed E-state index contributed by atoms with van der Waals surface area (Å²) in [5.74, 6) is -2.57. The summed E-state index contributed by atoms with van der Waals surface area (Å²) in [5.41, 5.74) is 0.609. The van der Waals surface area contributed by atoms with Gasteiger partial charge in [0.25, 0.3) is 0 Å². The Balaban J connectivity index is 4.92. The average molecular weight is 415 g/mol. The quantitative estimate of drug-likeness (QED) is 0.344. The molecule has 0 aromatic rings. The van der Waals surface area contributed by atoms with E-state index in [4.69, 9.17) is 13.3 Å². The monoisotopic (exact) mass is 414 g/mol. The SMILES string of the molecule is CCCC(C(C)(F)F)[Si](C)(C)C[Si](C)(C)CCC[Si](OC)(OC)OC. The fourth-order valence-electron chi connectivity index (χ4n) is 4.40. The fraction of sp³-hybridized carbons (Fsp3) is 1.00. The molecule has 0 aliphatic heterocycles. The molecule has 8 heteroatoms. The Bertz CT molecular complexity index is 376. The van der Waals surface area contributed by atoms with Gasteiger partial charge in [0.2, 0.25) is 5.92 Å². The molecule has 0 rings (SSSR count). The van der Waals surface area contributed by atoms with Crippen LogP contribution in [0.5, 0.6) is 0 Å². The molecule has 0 bridgehead atoms. The van der Waals surface area contributed by atoms with Gasteiger partial charge < -0.3 is 13.3 Å². The molecule has 1 unspecified atom stereocenters. The molecule has 25 heavy (non-hydrogen) atoms. The van der Waals surface area contributed by atoms with Gasteiger partial charge in [-0.2, -0.15) is 0 Å². The minimum absolute atomic E-state index is 0.429. The Labute approximate surface area is 157 Å². The molecular formula is C17H40F2O3Si3. The number of hydrogen-bond donors (Lipinski definition) is 0. The van der Waals surface area contributed by atoms with Crippen molar-refractivity contribution in [1.82, 2.24) is 0 Å². The Hall–Kier alpha value is 0.391. The first-order valence-corrected chi connectivity index (χ1v) is 18.0. The summed E-state index contributed by atoms with van der Waals surface area (Å²) in [6, 6.07) is 1.89. The molecule has 1 atom stereocenters. The van der Waals surface area contributed by atoms with Gasteiger partial charge in [0.15, 0.2) is 0 Å². The van der Waals surface area contributed by atoms with Crippen LogP contribution in [0.3, 0.4) is 0 Å². The summed E-state index contributed by atoms with van der Waals surface area (Å²) in [6.45, 7) is 12.1. The van der Waals surface area contributed by atoms with Gasteiger partial charge in [0.1, 0.15) is 0 Å². The first kappa shape index (κ1) is 25.4. The zero-order valence-electron chi connectivity index (χ0n) is 17.8. The minimum atomic E-state index is -2.57. The molecule has 0 radical (unpaired) electrons. The van der Waals surface area contributed by atoms with Crippen LogP contribution in [0, 0.1) is 0 Å². The molecule has 0 aliphatic carbocycles. The van der Waals surface area contributed by atoms with Gasteiger partial charge in [-0.25, -0.2) is 8.78 Å². The second-order valence-corrected chi connectivity index (χ2v) is 22.8. The highest BCUT2D eigenvalue weighted by Gasteiger charge is 2.47. The summed E-state index contributed by atoms with van der Waals surface area (Å²) in [4.78, 5) is 0. The smallest absolute Gasteiger partial charge is 0.377 e. The molecule has 0 N–H and O–H groups in total. The van der Waals surface area contributed by atoms with Crippen LogP contribution in [-0.2, 0) is 13.3 Å². The molecular weight excluding hydrogens is 374 g/mol. The van der Waals surface area contributed by atoms with Crippen LogP contribution >= 0.6 is 0 Å². The lowest BCUT2D eigenvalue weighted by atomic mass is 10.1.